The smallest absolute Gasteiger partial charge is 0.132 e. The van der Waals surface area contributed by atoms with Crippen molar-refractivity contribution in [3.05, 3.63) is 47.7 Å². The van der Waals surface area contributed by atoms with Gasteiger partial charge in [-0.2, -0.15) is 0 Å². The van der Waals surface area contributed by atoms with Gasteiger partial charge in [0.2, 0.25) is 0 Å². The molecule has 0 fully saturated rings. The first-order valence-electron chi connectivity index (χ1n) is 7.26. The van der Waals surface area contributed by atoms with E-state index in [2.05, 4.69) is 33.3 Å². The number of anilines is 1. The fourth-order valence-corrected chi connectivity index (χ4v) is 2.02. The summed E-state index contributed by atoms with van der Waals surface area (Å²) in [6.07, 6.45) is 7.92. The fourth-order valence-electron chi connectivity index (χ4n) is 2.02. The second kappa shape index (κ2) is 7.58. The van der Waals surface area contributed by atoms with Crippen LogP contribution in [-0.4, -0.2) is 21.5 Å². The summed E-state index contributed by atoms with van der Waals surface area (Å²) in [5.74, 6) is 1.78. The summed E-state index contributed by atoms with van der Waals surface area (Å²) in [5, 5.41) is 3.42. The molecule has 2 aromatic heterocycles. The third kappa shape index (κ3) is 4.30. The van der Waals surface area contributed by atoms with Crippen LogP contribution in [0.1, 0.15) is 36.8 Å². The number of pyridine rings is 1. The number of rotatable bonds is 7. The molecule has 0 amide bonds. The number of nitrogens with zero attached hydrogens (tertiary/aromatic N) is 3. The van der Waals surface area contributed by atoms with Crippen LogP contribution < -0.4 is 5.32 Å². The van der Waals surface area contributed by atoms with E-state index < -0.39 is 0 Å². The Balaban J connectivity index is 2.02. The van der Waals surface area contributed by atoms with Gasteiger partial charge in [0.15, 0.2) is 0 Å². The molecule has 106 valence electrons. The van der Waals surface area contributed by atoms with Gasteiger partial charge in [0, 0.05) is 30.2 Å². The van der Waals surface area contributed by atoms with Crippen LogP contribution in [0.25, 0.3) is 0 Å². The van der Waals surface area contributed by atoms with E-state index in [-0.39, 0.29) is 0 Å². The Hall–Kier alpha value is -1.97. The van der Waals surface area contributed by atoms with Gasteiger partial charge in [-0.1, -0.05) is 19.4 Å². The molecule has 20 heavy (non-hydrogen) atoms. The highest BCUT2D eigenvalue weighted by molar-refractivity contribution is 5.43. The average molecular weight is 270 g/mol. The van der Waals surface area contributed by atoms with Gasteiger partial charge in [-0.05, 0) is 38.3 Å². The molecule has 0 saturated heterocycles. The van der Waals surface area contributed by atoms with E-state index in [1.165, 1.54) is 6.42 Å². The summed E-state index contributed by atoms with van der Waals surface area (Å²) >= 11 is 0. The molecule has 0 spiro atoms. The zero-order valence-electron chi connectivity index (χ0n) is 12.3. The minimum absolute atomic E-state index is 0.811. The Labute approximate surface area is 120 Å². The molecule has 4 heteroatoms. The molecule has 2 heterocycles. The Kier molecular flexibility index (Phi) is 5.47. The van der Waals surface area contributed by atoms with E-state index in [4.69, 9.17) is 0 Å². The number of unbranched alkanes of at least 4 members (excludes halogenated alkanes) is 1. The predicted octanol–water partition coefficient (Wildman–Crippen LogP) is 3.18. The molecule has 0 aliphatic heterocycles. The molecule has 0 saturated carbocycles. The van der Waals surface area contributed by atoms with Crippen molar-refractivity contribution in [3.63, 3.8) is 0 Å². The third-order valence-corrected chi connectivity index (χ3v) is 3.18. The maximum absolute atomic E-state index is 4.51. The topological polar surface area (TPSA) is 50.7 Å². The molecule has 2 aromatic rings. The van der Waals surface area contributed by atoms with Gasteiger partial charge in [-0.25, -0.2) is 9.97 Å². The van der Waals surface area contributed by atoms with Crippen LogP contribution in [-0.2, 0) is 12.8 Å². The molecular formula is C16H22N4. The van der Waals surface area contributed by atoms with Crippen molar-refractivity contribution in [2.24, 2.45) is 0 Å². The van der Waals surface area contributed by atoms with Crippen LogP contribution in [0.4, 0.5) is 5.82 Å². The number of aryl methyl sites for hydroxylation is 3. The molecule has 0 bridgehead atoms. The number of hydrogen-bond acceptors (Lipinski definition) is 4. The lowest BCUT2D eigenvalue weighted by molar-refractivity contribution is 0.821. The largest absolute Gasteiger partial charge is 0.370 e. The summed E-state index contributed by atoms with van der Waals surface area (Å²) in [5.41, 5.74) is 2.27. The standard InChI is InChI=1S/C16H22N4/c1-3-4-10-18-16-14(12-19-13(2)20-16)8-9-15-7-5-6-11-17-15/h5-7,11-12H,3-4,8-10H2,1-2H3,(H,18,19,20). The van der Waals surface area contributed by atoms with E-state index in [1.54, 1.807) is 0 Å². The first kappa shape index (κ1) is 14.4. The number of hydrogen-bond donors (Lipinski definition) is 1. The zero-order valence-corrected chi connectivity index (χ0v) is 12.3. The lowest BCUT2D eigenvalue weighted by Gasteiger charge is -2.11. The Morgan fingerprint density at radius 2 is 2.05 bits per heavy atom. The maximum Gasteiger partial charge on any atom is 0.132 e. The van der Waals surface area contributed by atoms with Crippen molar-refractivity contribution in [2.45, 2.75) is 39.5 Å². The van der Waals surface area contributed by atoms with Crippen molar-refractivity contribution >= 4 is 5.82 Å². The maximum atomic E-state index is 4.51. The zero-order chi connectivity index (χ0) is 14.2. The summed E-state index contributed by atoms with van der Waals surface area (Å²) in [4.78, 5) is 13.2. The first-order chi connectivity index (χ1) is 9.79. The number of aromatic nitrogens is 3. The minimum atomic E-state index is 0.811. The Morgan fingerprint density at radius 1 is 1.15 bits per heavy atom. The third-order valence-electron chi connectivity index (χ3n) is 3.18. The minimum Gasteiger partial charge on any atom is -0.370 e. The molecule has 4 nitrogen and oxygen atoms in total. The predicted molar refractivity (Wildman–Crippen MR) is 81.8 cm³/mol. The van der Waals surface area contributed by atoms with Crippen LogP contribution in [0.2, 0.25) is 0 Å². The van der Waals surface area contributed by atoms with Crippen LogP contribution in [0, 0.1) is 6.92 Å². The average Bonchev–Trinajstić information content (AvgIpc) is 2.48. The van der Waals surface area contributed by atoms with E-state index in [0.717, 1.165) is 48.7 Å². The summed E-state index contributed by atoms with van der Waals surface area (Å²) in [6, 6.07) is 6.02. The van der Waals surface area contributed by atoms with E-state index in [0.29, 0.717) is 0 Å². The van der Waals surface area contributed by atoms with Gasteiger partial charge >= 0.3 is 0 Å². The van der Waals surface area contributed by atoms with E-state index in [9.17, 15) is 0 Å². The molecule has 0 aliphatic carbocycles. The summed E-state index contributed by atoms with van der Waals surface area (Å²) in [6.45, 7) is 5.08. The highest BCUT2D eigenvalue weighted by atomic mass is 15.0. The molecule has 0 aromatic carbocycles. The van der Waals surface area contributed by atoms with Gasteiger partial charge in [-0.15, -0.1) is 0 Å². The van der Waals surface area contributed by atoms with E-state index >= 15 is 0 Å². The molecule has 0 aliphatic rings. The molecule has 0 radical (unpaired) electrons. The first-order valence-corrected chi connectivity index (χ1v) is 7.26. The van der Waals surface area contributed by atoms with Crippen molar-refractivity contribution < 1.29 is 0 Å². The second-order valence-electron chi connectivity index (χ2n) is 4.89. The highest BCUT2D eigenvalue weighted by Crippen LogP contribution is 2.14. The van der Waals surface area contributed by atoms with Gasteiger partial charge < -0.3 is 5.32 Å². The van der Waals surface area contributed by atoms with Crippen molar-refractivity contribution in [2.75, 3.05) is 11.9 Å². The SMILES string of the molecule is CCCCNc1nc(C)ncc1CCc1ccccn1. The Bertz CT molecular complexity index is 525. The van der Waals surface area contributed by atoms with Gasteiger partial charge in [-0.3, -0.25) is 4.98 Å². The highest BCUT2D eigenvalue weighted by Gasteiger charge is 2.06. The van der Waals surface area contributed by atoms with Crippen LogP contribution in [0.15, 0.2) is 30.6 Å². The lowest BCUT2D eigenvalue weighted by Crippen LogP contribution is -2.08. The molecule has 1 N–H and O–H groups in total. The second-order valence-corrected chi connectivity index (χ2v) is 4.89. The van der Waals surface area contributed by atoms with Gasteiger partial charge in [0.1, 0.15) is 11.6 Å². The van der Waals surface area contributed by atoms with Crippen LogP contribution in [0.3, 0.4) is 0 Å². The lowest BCUT2D eigenvalue weighted by atomic mass is 10.1. The quantitative estimate of drug-likeness (QED) is 0.785. The van der Waals surface area contributed by atoms with E-state index in [1.807, 2.05) is 31.5 Å². The molecule has 0 unspecified atom stereocenters. The summed E-state index contributed by atoms with van der Waals surface area (Å²) < 4.78 is 0. The van der Waals surface area contributed by atoms with Gasteiger partial charge in [0.05, 0.1) is 0 Å². The van der Waals surface area contributed by atoms with Crippen molar-refractivity contribution in [1.82, 2.24) is 15.0 Å². The molecule has 2 rings (SSSR count). The van der Waals surface area contributed by atoms with Gasteiger partial charge in [0.25, 0.3) is 0 Å². The Morgan fingerprint density at radius 3 is 2.80 bits per heavy atom. The summed E-state index contributed by atoms with van der Waals surface area (Å²) in [7, 11) is 0. The van der Waals surface area contributed by atoms with Crippen LogP contribution >= 0.6 is 0 Å². The number of nitrogens with one attached hydrogen (secondary N) is 1. The molecule has 0 atom stereocenters. The monoisotopic (exact) mass is 270 g/mol. The van der Waals surface area contributed by atoms with Crippen molar-refractivity contribution in [1.29, 1.82) is 0 Å². The van der Waals surface area contributed by atoms with Crippen molar-refractivity contribution in [3.8, 4) is 0 Å². The fraction of sp³-hybridized carbons (Fsp3) is 0.438. The van der Waals surface area contributed by atoms with Crippen LogP contribution in [0.5, 0.6) is 0 Å². The molecular weight excluding hydrogens is 248 g/mol. The normalized spacial score (nSPS) is 10.5.